The Bertz CT molecular complexity index is 612. The summed E-state index contributed by atoms with van der Waals surface area (Å²) in [6.07, 6.45) is 1.47. The average molecular weight is 345 g/mol. The minimum Gasteiger partial charge on any atom is -0.365 e. The van der Waals surface area contributed by atoms with Crippen LogP contribution in [0.5, 0.6) is 0 Å². The van der Waals surface area contributed by atoms with Crippen LogP contribution in [-0.2, 0) is 19.7 Å². The number of morpholine rings is 1. The molecule has 2 aliphatic heterocycles. The lowest BCUT2D eigenvalue weighted by Gasteiger charge is -2.40. The van der Waals surface area contributed by atoms with Gasteiger partial charge < -0.3 is 19.9 Å². The number of nitrogens with one attached hydrogen (secondary N) is 1. The summed E-state index contributed by atoms with van der Waals surface area (Å²) < 4.78 is 5.54. The number of carbonyl (C=O) groups is 2. The number of benzene rings is 1. The quantitative estimate of drug-likeness (QED) is 0.869. The molecule has 0 aromatic heterocycles. The molecule has 1 unspecified atom stereocenters. The first-order valence-corrected chi connectivity index (χ1v) is 8.89. The smallest absolute Gasteiger partial charge is 0.248 e. The summed E-state index contributed by atoms with van der Waals surface area (Å²) in [6, 6.07) is 10.1. The van der Waals surface area contributed by atoms with Gasteiger partial charge in [-0.3, -0.25) is 9.59 Å². The van der Waals surface area contributed by atoms with E-state index in [1.54, 1.807) is 11.9 Å². The Labute approximate surface area is 149 Å². The monoisotopic (exact) mass is 345 g/mol. The van der Waals surface area contributed by atoms with Crippen LogP contribution < -0.4 is 5.32 Å². The van der Waals surface area contributed by atoms with Crippen LogP contribution in [0.25, 0.3) is 0 Å². The van der Waals surface area contributed by atoms with E-state index < -0.39 is 5.41 Å². The zero-order valence-corrected chi connectivity index (χ0v) is 15.0. The summed E-state index contributed by atoms with van der Waals surface area (Å²) in [6.45, 7) is 2.84. The van der Waals surface area contributed by atoms with Gasteiger partial charge in [-0.05, 0) is 38.5 Å². The number of carbonyl (C=O) groups excluding carboxylic acids is 2. The Morgan fingerprint density at radius 3 is 2.56 bits per heavy atom. The van der Waals surface area contributed by atoms with E-state index in [0.717, 1.165) is 31.5 Å². The van der Waals surface area contributed by atoms with Crippen LogP contribution >= 0.6 is 0 Å². The van der Waals surface area contributed by atoms with Crippen LogP contribution in [0.1, 0.15) is 18.4 Å². The molecule has 6 nitrogen and oxygen atoms in total. The Morgan fingerprint density at radius 2 is 1.92 bits per heavy atom. The van der Waals surface area contributed by atoms with Crippen molar-refractivity contribution in [2.45, 2.75) is 24.4 Å². The van der Waals surface area contributed by atoms with Crippen LogP contribution in [-0.4, -0.2) is 74.6 Å². The fraction of sp³-hybridized carbons (Fsp3) is 0.579. The predicted molar refractivity (Wildman–Crippen MR) is 95.2 cm³/mol. The maximum atomic E-state index is 13.1. The molecule has 1 atom stereocenters. The first kappa shape index (κ1) is 17.9. The fourth-order valence-electron chi connectivity index (χ4n) is 3.66. The molecule has 3 rings (SSSR count). The molecule has 1 aromatic rings. The highest BCUT2D eigenvalue weighted by Gasteiger charge is 2.42. The van der Waals surface area contributed by atoms with E-state index in [0.29, 0.717) is 13.1 Å². The molecule has 0 radical (unpaired) electrons. The van der Waals surface area contributed by atoms with Crippen molar-refractivity contribution in [2.24, 2.45) is 0 Å². The van der Waals surface area contributed by atoms with Crippen LogP contribution in [0.2, 0.25) is 0 Å². The summed E-state index contributed by atoms with van der Waals surface area (Å²) in [5.74, 6) is 0.0496. The Kier molecular flexibility index (Phi) is 5.39. The third-order valence-corrected chi connectivity index (χ3v) is 5.44. The second-order valence-electron chi connectivity index (χ2n) is 7.17. The van der Waals surface area contributed by atoms with Crippen molar-refractivity contribution in [1.82, 2.24) is 15.1 Å². The summed E-state index contributed by atoms with van der Waals surface area (Å²) in [5.41, 5.74) is 0.599. The van der Waals surface area contributed by atoms with Crippen molar-refractivity contribution in [3.63, 3.8) is 0 Å². The highest BCUT2D eigenvalue weighted by molar-refractivity contribution is 5.88. The normalized spacial score (nSPS) is 24.2. The van der Waals surface area contributed by atoms with E-state index in [2.05, 4.69) is 29.4 Å². The molecular formula is C19H27N3O3. The number of nitrogens with zero attached hydrogens (tertiary/aromatic N) is 2. The lowest BCUT2D eigenvalue weighted by atomic mass is 9.72. The molecule has 6 heteroatoms. The number of hydrogen-bond donors (Lipinski definition) is 1. The number of likely N-dealkylation sites (N-methyl/N-ethyl adjacent to an activating group) is 1. The van der Waals surface area contributed by atoms with Crippen molar-refractivity contribution >= 4 is 11.8 Å². The van der Waals surface area contributed by atoms with E-state index in [1.165, 1.54) is 0 Å². The number of ether oxygens (including phenoxy) is 1. The Balaban J connectivity index is 1.69. The molecule has 136 valence electrons. The van der Waals surface area contributed by atoms with Gasteiger partial charge in [-0.2, -0.15) is 0 Å². The molecule has 0 spiro atoms. The molecule has 2 amide bonds. The SMILES string of the molecule is CN1CCC(C(=O)NCC2CN(C)C(=O)CO2)(c2ccccc2)CC1. The van der Waals surface area contributed by atoms with Gasteiger partial charge in [0.05, 0.1) is 11.5 Å². The van der Waals surface area contributed by atoms with Crippen LogP contribution in [0.15, 0.2) is 30.3 Å². The van der Waals surface area contributed by atoms with E-state index in [9.17, 15) is 9.59 Å². The van der Waals surface area contributed by atoms with Gasteiger partial charge in [0, 0.05) is 20.1 Å². The van der Waals surface area contributed by atoms with E-state index in [1.807, 2.05) is 18.2 Å². The molecule has 0 saturated carbocycles. The molecule has 2 heterocycles. The lowest BCUT2D eigenvalue weighted by Crippen LogP contribution is -2.54. The zero-order chi connectivity index (χ0) is 17.9. The van der Waals surface area contributed by atoms with Gasteiger partial charge in [-0.15, -0.1) is 0 Å². The van der Waals surface area contributed by atoms with Crippen molar-refractivity contribution < 1.29 is 14.3 Å². The van der Waals surface area contributed by atoms with Gasteiger partial charge in [0.15, 0.2) is 0 Å². The van der Waals surface area contributed by atoms with Crippen molar-refractivity contribution in [1.29, 1.82) is 0 Å². The highest BCUT2D eigenvalue weighted by atomic mass is 16.5. The Morgan fingerprint density at radius 1 is 1.24 bits per heavy atom. The molecule has 2 aliphatic rings. The molecule has 25 heavy (non-hydrogen) atoms. The molecule has 1 N–H and O–H groups in total. The minimum atomic E-state index is -0.482. The maximum Gasteiger partial charge on any atom is 0.248 e. The third kappa shape index (κ3) is 3.85. The highest BCUT2D eigenvalue weighted by Crippen LogP contribution is 2.35. The van der Waals surface area contributed by atoms with Crippen molar-refractivity contribution in [2.75, 3.05) is 46.9 Å². The fourth-order valence-corrected chi connectivity index (χ4v) is 3.66. The van der Waals surface area contributed by atoms with Gasteiger partial charge in [-0.1, -0.05) is 30.3 Å². The summed E-state index contributed by atoms with van der Waals surface area (Å²) in [7, 11) is 3.86. The maximum absolute atomic E-state index is 13.1. The lowest BCUT2D eigenvalue weighted by molar-refractivity contribution is -0.146. The number of hydrogen-bond acceptors (Lipinski definition) is 4. The number of rotatable bonds is 4. The first-order valence-electron chi connectivity index (χ1n) is 8.89. The number of piperidine rings is 1. The minimum absolute atomic E-state index is 0.0151. The van der Waals surface area contributed by atoms with Gasteiger partial charge >= 0.3 is 0 Å². The molecular weight excluding hydrogens is 318 g/mol. The zero-order valence-electron chi connectivity index (χ0n) is 15.0. The standard InChI is InChI=1S/C19H27N3O3/c1-21-10-8-19(9-11-21,15-6-4-3-5-7-15)18(24)20-12-16-13-22(2)17(23)14-25-16/h3-7,16H,8-14H2,1-2H3,(H,20,24). The number of likely N-dealkylation sites (tertiary alicyclic amines) is 1. The van der Waals surface area contributed by atoms with E-state index in [-0.39, 0.29) is 24.5 Å². The molecule has 2 fully saturated rings. The Hall–Kier alpha value is -1.92. The van der Waals surface area contributed by atoms with Gasteiger partial charge in [-0.25, -0.2) is 0 Å². The predicted octanol–water partition coefficient (Wildman–Crippen LogP) is 0.623. The third-order valence-electron chi connectivity index (χ3n) is 5.44. The summed E-state index contributed by atoms with van der Waals surface area (Å²) in [4.78, 5) is 28.6. The molecule has 0 aliphatic carbocycles. The van der Waals surface area contributed by atoms with E-state index in [4.69, 9.17) is 4.74 Å². The first-order chi connectivity index (χ1) is 12.0. The molecule has 0 bridgehead atoms. The summed E-state index contributed by atoms with van der Waals surface area (Å²) >= 11 is 0. The van der Waals surface area contributed by atoms with Gasteiger partial charge in [0.2, 0.25) is 11.8 Å². The topological polar surface area (TPSA) is 61.9 Å². The van der Waals surface area contributed by atoms with E-state index >= 15 is 0 Å². The largest absolute Gasteiger partial charge is 0.365 e. The average Bonchev–Trinajstić information content (AvgIpc) is 2.64. The van der Waals surface area contributed by atoms with Crippen LogP contribution in [0.3, 0.4) is 0 Å². The van der Waals surface area contributed by atoms with Crippen molar-refractivity contribution in [3.8, 4) is 0 Å². The van der Waals surface area contributed by atoms with Crippen LogP contribution in [0.4, 0.5) is 0 Å². The number of amides is 2. The van der Waals surface area contributed by atoms with Crippen molar-refractivity contribution in [3.05, 3.63) is 35.9 Å². The molecule has 1 aromatic carbocycles. The summed E-state index contributed by atoms with van der Waals surface area (Å²) in [5, 5.41) is 3.09. The molecule has 2 saturated heterocycles. The van der Waals surface area contributed by atoms with Gasteiger partial charge in [0.25, 0.3) is 0 Å². The van der Waals surface area contributed by atoms with Gasteiger partial charge in [0.1, 0.15) is 6.61 Å². The van der Waals surface area contributed by atoms with Crippen LogP contribution in [0, 0.1) is 0 Å². The second kappa shape index (κ2) is 7.54. The second-order valence-corrected chi connectivity index (χ2v) is 7.17.